The summed E-state index contributed by atoms with van der Waals surface area (Å²) < 4.78 is 5.75. The lowest BCUT2D eigenvalue weighted by atomic mass is 9.64. The van der Waals surface area contributed by atoms with Gasteiger partial charge in [-0.2, -0.15) is 0 Å². The minimum absolute atomic E-state index is 0.286. The number of piperidine rings is 2. The smallest absolute Gasteiger partial charge is 0.118 e. The van der Waals surface area contributed by atoms with Crippen molar-refractivity contribution in [3.63, 3.8) is 0 Å². The highest BCUT2D eigenvalue weighted by Crippen LogP contribution is 2.45. The van der Waals surface area contributed by atoms with Crippen molar-refractivity contribution in [2.75, 3.05) is 32.8 Å². The van der Waals surface area contributed by atoms with Crippen LogP contribution in [-0.2, 0) is 13.1 Å². The van der Waals surface area contributed by atoms with Gasteiger partial charge in [0.25, 0.3) is 0 Å². The Kier molecular flexibility index (Phi) is 5.62. The van der Waals surface area contributed by atoms with E-state index in [0.29, 0.717) is 11.3 Å². The van der Waals surface area contributed by atoms with Gasteiger partial charge in [-0.3, -0.25) is 14.8 Å². The molecular weight excluding hydrogens is 338 g/mol. The van der Waals surface area contributed by atoms with Crippen molar-refractivity contribution in [1.82, 2.24) is 14.8 Å². The quantitative estimate of drug-likeness (QED) is 0.878. The maximum Gasteiger partial charge on any atom is 0.118 e. The molecule has 0 bridgehead atoms. The molecule has 27 heavy (non-hydrogen) atoms. The van der Waals surface area contributed by atoms with Crippen molar-refractivity contribution in [3.8, 4) is 0 Å². The summed E-state index contributed by atoms with van der Waals surface area (Å²) in [5.74, 6) is 2.36. The summed E-state index contributed by atoms with van der Waals surface area (Å²) >= 11 is 0. The van der Waals surface area contributed by atoms with Crippen LogP contribution in [0.1, 0.15) is 36.5 Å². The van der Waals surface area contributed by atoms with Crippen molar-refractivity contribution in [2.24, 2.45) is 11.3 Å². The highest BCUT2D eigenvalue weighted by molar-refractivity contribution is 5.07. The van der Waals surface area contributed by atoms with Gasteiger partial charge < -0.3 is 9.52 Å². The van der Waals surface area contributed by atoms with E-state index in [0.717, 1.165) is 56.5 Å². The van der Waals surface area contributed by atoms with Gasteiger partial charge in [0.2, 0.25) is 0 Å². The van der Waals surface area contributed by atoms with E-state index in [-0.39, 0.29) is 6.61 Å². The highest BCUT2D eigenvalue weighted by Gasteiger charge is 2.44. The van der Waals surface area contributed by atoms with Crippen LogP contribution in [0.15, 0.2) is 40.9 Å². The molecule has 0 aromatic carbocycles. The Morgan fingerprint density at radius 2 is 1.85 bits per heavy atom. The zero-order valence-corrected chi connectivity index (χ0v) is 16.3. The Bertz CT molecular complexity index is 722. The number of aliphatic hydroxyl groups excluding tert-OH is 1. The number of furan rings is 1. The second-order valence-electron chi connectivity index (χ2n) is 8.34. The number of aliphatic hydroxyl groups is 1. The van der Waals surface area contributed by atoms with Gasteiger partial charge in [-0.25, -0.2) is 0 Å². The number of hydrogen-bond donors (Lipinski definition) is 1. The molecule has 4 heterocycles. The van der Waals surface area contributed by atoms with Crippen LogP contribution in [-0.4, -0.2) is 52.7 Å². The normalized spacial score (nSPS) is 23.7. The molecule has 2 fully saturated rings. The van der Waals surface area contributed by atoms with Gasteiger partial charge in [-0.15, -0.1) is 0 Å². The van der Waals surface area contributed by atoms with E-state index >= 15 is 0 Å². The van der Waals surface area contributed by atoms with Crippen molar-refractivity contribution in [3.05, 3.63) is 53.7 Å². The standard InChI is InChI=1S/C22H31N3O2/c1-18-5-6-21(27-18)16-25-13-9-22(19(14-25)17-26)7-11-24(12-8-22)15-20-4-2-3-10-23-20/h2-6,10,19,26H,7-9,11-17H2,1H3. The van der Waals surface area contributed by atoms with Crippen LogP contribution >= 0.6 is 0 Å². The second kappa shape index (κ2) is 8.13. The summed E-state index contributed by atoms with van der Waals surface area (Å²) in [5, 5.41) is 10.1. The van der Waals surface area contributed by atoms with E-state index < -0.39 is 0 Å². The molecule has 0 aliphatic carbocycles. The molecule has 2 aromatic rings. The van der Waals surface area contributed by atoms with Gasteiger partial charge in [0.1, 0.15) is 11.5 Å². The van der Waals surface area contributed by atoms with E-state index in [1.54, 1.807) is 0 Å². The summed E-state index contributed by atoms with van der Waals surface area (Å²) in [5.41, 5.74) is 1.45. The molecule has 1 unspecified atom stereocenters. The van der Waals surface area contributed by atoms with Crippen LogP contribution in [0.4, 0.5) is 0 Å². The third-order valence-corrected chi connectivity index (χ3v) is 6.63. The molecule has 146 valence electrons. The van der Waals surface area contributed by atoms with E-state index in [1.165, 1.54) is 19.3 Å². The minimum atomic E-state index is 0.286. The number of likely N-dealkylation sites (tertiary alicyclic amines) is 2. The zero-order valence-electron chi connectivity index (χ0n) is 16.3. The van der Waals surface area contributed by atoms with Crippen LogP contribution < -0.4 is 0 Å². The van der Waals surface area contributed by atoms with Gasteiger partial charge >= 0.3 is 0 Å². The lowest BCUT2D eigenvalue weighted by Crippen LogP contribution is -2.53. The van der Waals surface area contributed by atoms with Crippen LogP contribution in [0.5, 0.6) is 0 Å². The number of aryl methyl sites for hydroxylation is 1. The molecule has 1 N–H and O–H groups in total. The fourth-order valence-corrected chi connectivity index (χ4v) is 4.90. The third-order valence-electron chi connectivity index (χ3n) is 6.63. The van der Waals surface area contributed by atoms with E-state index in [1.807, 2.05) is 25.3 Å². The number of rotatable bonds is 5. The molecule has 1 spiro atoms. The zero-order chi connectivity index (χ0) is 18.7. The van der Waals surface area contributed by atoms with E-state index in [4.69, 9.17) is 4.42 Å². The average Bonchev–Trinajstić information content (AvgIpc) is 3.11. The summed E-state index contributed by atoms with van der Waals surface area (Å²) in [4.78, 5) is 9.43. The van der Waals surface area contributed by atoms with E-state index in [2.05, 4.69) is 33.0 Å². The second-order valence-corrected chi connectivity index (χ2v) is 8.34. The molecule has 0 amide bonds. The monoisotopic (exact) mass is 369 g/mol. The average molecular weight is 370 g/mol. The predicted molar refractivity (Wildman–Crippen MR) is 105 cm³/mol. The Hall–Kier alpha value is -1.69. The van der Waals surface area contributed by atoms with Crippen LogP contribution in [0.25, 0.3) is 0 Å². The molecule has 5 heteroatoms. The van der Waals surface area contributed by atoms with Crippen molar-refractivity contribution in [2.45, 2.75) is 39.3 Å². The topological polar surface area (TPSA) is 52.7 Å². The Morgan fingerprint density at radius 1 is 1.07 bits per heavy atom. The fraction of sp³-hybridized carbons (Fsp3) is 0.591. The molecule has 5 nitrogen and oxygen atoms in total. The Balaban J connectivity index is 1.33. The van der Waals surface area contributed by atoms with Gasteiger partial charge in [0.05, 0.1) is 12.2 Å². The number of pyridine rings is 1. The maximum absolute atomic E-state index is 10.1. The molecule has 0 radical (unpaired) electrons. The first-order valence-corrected chi connectivity index (χ1v) is 10.2. The predicted octanol–water partition coefficient (Wildman–Crippen LogP) is 3.08. The molecule has 2 aliphatic rings. The highest BCUT2D eigenvalue weighted by atomic mass is 16.3. The first-order valence-electron chi connectivity index (χ1n) is 10.2. The SMILES string of the molecule is Cc1ccc(CN2CCC3(CCN(Cc4ccccn4)CC3)C(CO)C2)o1. The van der Waals surface area contributed by atoms with Gasteiger partial charge in [-0.05, 0) is 75.5 Å². The summed E-state index contributed by atoms with van der Waals surface area (Å²) in [7, 11) is 0. The molecule has 0 saturated carbocycles. The van der Waals surface area contributed by atoms with Crippen molar-refractivity contribution in [1.29, 1.82) is 0 Å². The number of hydrogen-bond acceptors (Lipinski definition) is 5. The Labute approximate surface area is 162 Å². The molecule has 2 aliphatic heterocycles. The van der Waals surface area contributed by atoms with Gasteiger partial charge in [0, 0.05) is 31.8 Å². The van der Waals surface area contributed by atoms with E-state index in [9.17, 15) is 5.11 Å². The maximum atomic E-state index is 10.1. The van der Waals surface area contributed by atoms with Crippen molar-refractivity contribution >= 4 is 0 Å². The lowest BCUT2D eigenvalue weighted by molar-refractivity contribution is -0.0464. The van der Waals surface area contributed by atoms with Crippen LogP contribution in [0, 0.1) is 18.3 Å². The van der Waals surface area contributed by atoms with Crippen molar-refractivity contribution < 1.29 is 9.52 Å². The minimum Gasteiger partial charge on any atom is -0.465 e. The first kappa shape index (κ1) is 18.7. The molecular formula is C22H31N3O2. The summed E-state index contributed by atoms with van der Waals surface area (Å²) in [6, 6.07) is 10.2. The van der Waals surface area contributed by atoms with Gasteiger partial charge in [0.15, 0.2) is 0 Å². The summed E-state index contributed by atoms with van der Waals surface area (Å²) in [6.07, 6.45) is 5.41. The van der Waals surface area contributed by atoms with Crippen LogP contribution in [0.3, 0.4) is 0 Å². The third kappa shape index (κ3) is 4.26. The number of aromatic nitrogens is 1. The molecule has 4 rings (SSSR count). The largest absolute Gasteiger partial charge is 0.465 e. The van der Waals surface area contributed by atoms with Gasteiger partial charge in [-0.1, -0.05) is 6.07 Å². The fourth-order valence-electron chi connectivity index (χ4n) is 4.90. The molecule has 2 saturated heterocycles. The first-order chi connectivity index (χ1) is 13.2. The lowest BCUT2D eigenvalue weighted by Gasteiger charge is -2.51. The Morgan fingerprint density at radius 3 is 2.48 bits per heavy atom. The number of nitrogens with zero attached hydrogens (tertiary/aromatic N) is 3. The summed E-state index contributed by atoms with van der Waals surface area (Å²) in [6.45, 7) is 8.33. The molecule has 2 aromatic heterocycles. The van der Waals surface area contributed by atoms with Crippen LogP contribution in [0.2, 0.25) is 0 Å². The molecule has 1 atom stereocenters.